The number of hydrogen-bond acceptors (Lipinski definition) is 3. The molecule has 1 aliphatic rings. The Morgan fingerprint density at radius 3 is 3.29 bits per heavy atom. The largest absolute Gasteiger partial charge is 0.302 e. The van der Waals surface area contributed by atoms with Crippen molar-refractivity contribution in [1.29, 1.82) is 0 Å². The number of hydrogen-bond donors (Lipinski definition) is 0. The second-order valence-corrected chi connectivity index (χ2v) is 3.68. The molecule has 1 atom stereocenters. The molecule has 0 spiro atoms. The number of rotatable bonds is 3. The van der Waals surface area contributed by atoms with Gasteiger partial charge in [0.05, 0.1) is 6.04 Å². The Kier molecular flexibility index (Phi) is 2.89. The lowest BCUT2D eigenvalue weighted by atomic mass is 10.2. The van der Waals surface area contributed by atoms with Gasteiger partial charge in [-0.3, -0.25) is 9.88 Å². The van der Waals surface area contributed by atoms with Crippen molar-refractivity contribution in [1.82, 2.24) is 9.88 Å². The Hall–Kier alpha value is -1.22. The number of pyridine rings is 1. The van der Waals surface area contributed by atoms with Gasteiger partial charge < -0.3 is 4.79 Å². The van der Waals surface area contributed by atoms with Crippen LogP contribution in [0.1, 0.15) is 18.4 Å². The molecule has 2 heterocycles. The molecule has 1 unspecified atom stereocenters. The minimum atomic E-state index is 0.121. The van der Waals surface area contributed by atoms with Gasteiger partial charge in [-0.1, -0.05) is 6.07 Å². The lowest BCUT2D eigenvalue weighted by Gasteiger charge is -2.19. The molecule has 3 heteroatoms. The Morgan fingerprint density at radius 2 is 2.57 bits per heavy atom. The van der Waals surface area contributed by atoms with E-state index < -0.39 is 0 Å². The first-order valence-electron chi connectivity index (χ1n) is 4.98. The number of aromatic nitrogens is 1. The third kappa shape index (κ3) is 1.99. The molecule has 14 heavy (non-hydrogen) atoms. The maximum absolute atomic E-state index is 10.8. The SMILES string of the molecule is O=CC1CCCN1Cc1cccnc1. The van der Waals surface area contributed by atoms with Gasteiger partial charge in [-0.2, -0.15) is 0 Å². The highest BCUT2D eigenvalue weighted by Crippen LogP contribution is 2.17. The van der Waals surface area contributed by atoms with Crippen LogP contribution in [0.4, 0.5) is 0 Å². The van der Waals surface area contributed by atoms with E-state index in [2.05, 4.69) is 9.88 Å². The molecule has 3 nitrogen and oxygen atoms in total. The Morgan fingerprint density at radius 1 is 1.64 bits per heavy atom. The first-order valence-corrected chi connectivity index (χ1v) is 4.98. The van der Waals surface area contributed by atoms with Crippen molar-refractivity contribution in [2.75, 3.05) is 6.54 Å². The van der Waals surface area contributed by atoms with E-state index in [1.807, 2.05) is 18.3 Å². The third-order valence-corrected chi connectivity index (χ3v) is 2.68. The summed E-state index contributed by atoms with van der Waals surface area (Å²) in [4.78, 5) is 17.0. The van der Waals surface area contributed by atoms with Crippen LogP contribution in [0.25, 0.3) is 0 Å². The smallest absolute Gasteiger partial charge is 0.137 e. The molecule has 1 aromatic heterocycles. The van der Waals surface area contributed by atoms with Crippen LogP contribution in [0.5, 0.6) is 0 Å². The third-order valence-electron chi connectivity index (χ3n) is 2.68. The Bertz CT molecular complexity index is 299. The number of aldehydes is 1. The number of carbonyl (C=O) groups excluding carboxylic acids is 1. The zero-order valence-electron chi connectivity index (χ0n) is 8.10. The van der Waals surface area contributed by atoms with Crippen molar-refractivity contribution in [3.05, 3.63) is 30.1 Å². The summed E-state index contributed by atoms with van der Waals surface area (Å²) in [6.07, 6.45) is 6.82. The van der Waals surface area contributed by atoms with Crippen molar-refractivity contribution in [3.63, 3.8) is 0 Å². The summed E-state index contributed by atoms with van der Waals surface area (Å²) in [6, 6.07) is 4.10. The molecule has 2 rings (SSSR count). The maximum atomic E-state index is 10.8. The molecule has 0 aromatic carbocycles. The molecule has 1 aromatic rings. The average molecular weight is 190 g/mol. The number of likely N-dealkylation sites (tertiary alicyclic amines) is 1. The van der Waals surface area contributed by atoms with Crippen LogP contribution in [0.2, 0.25) is 0 Å². The van der Waals surface area contributed by atoms with Crippen molar-refractivity contribution in [3.8, 4) is 0 Å². The Balaban J connectivity index is 2.00. The molecular formula is C11H14N2O. The van der Waals surface area contributed by atoms with Gasteiger partial charge in [0.2, 0.25) is 0 Å². The Labute approximate surface area is 83.8 Å². The van der Waals surface area contributed by atoms with E-state index in [0.29, 0.717) is 0 Å². The van der Waals surface area contributed by atoms with Gasteiger partial charge in [0.1, 0.15) is 6.29 Å². The van der Waals surface area contributed by atoms with Crippen LogP contribution < -0.4 is 0 Å². The van der Waals surface area contributed by atoms with E-state index in [-0.39, 0.29) is 6.04 Å². The molecule has 0 amide bonds. The lowest BCUT2D eigenvalue weighted by molar-refractivity contribution is -0.111. The van der Waals surface area contributed by atoms with Crippen LogP contribution in [-0.2, 0) is 11.3 Å². The summed E-state index contributed by atoms with van der Waals surface area (Å²) >= 11 is 0. The van der Waals surface area contributed by atoms with E-state index >= 15 is 0 Å². The molecule has 1 saturated heterocycles. The summed E-state index contributed by atoms with van der Waals surface area (Å²) in [5.41, 5.74) is 1.18. The normalized spacial score (nSPS) is 22.4. The van der Waals surface area contributed by atoms with Crippen molar-refractivity contribution < 1.29 is 4.79 Å². The van der Waals surface area contributed by atoms with Crippen molar-refractivity contribution in [2.45, 2.75) is 25.4 Å². The van der Waals surface area contributed by atoms with Gasteiger partial charge >= 0.3 is 0 Å². The van der Waals surface area contributed by atoms with Gasteiger partial charge in [0.15, 0.2) is 0 Å². The summed E-state index contributed by atoms with van der Waals surface area (Å²) in [5.74, 6) is 0. The monoisotopic (exact) mass is 190 g/mol. The fourth-order valence-electron chi connectivity index (χ4n) is 1.93. The summed E-state index contributed by atoms with van der Waals surface area (Å²) in [6.45, 7) is 1.87. The van der Waals surface area contributed by atoms with Gasteiger partial charge in [0, 0.05) is 18.9 Å². The fourth-order valence-corrected chi connectivity index (χ4v) is 1.93. The highest BCUT2D eigenvalue weighted by atomic mass is 16.1. The predicted octanol–water partition coefficient (Wildman–Crippen LogP) is 1.24. The van der Waals surface area contributed by atoms with E-state index in [0.717, 1.165) is 32.2 Å². The van der Waals surface area contributed by atoms with Crippen LogP contribution >= 0.6 is 0 Å². The molecule has 74 valence electrons. The second kappa shape index (κ2) is 4.33. The average Bonchev–Trinajstić information content (AvgIpc) is 2.67. The van der Waals surface area contributed by atoms with Crippen molar-refractivity contribution in [2.24, 2.45) is 0 Å². The molecule has 0 radical (unpaired) electrons. The second-order valence-electron chi connectivity index (χ2n) is 3.68. The highest BCUT2D eigenvalue weighted by molar-refractivity contribution is 5.58. The predicted molar refractivity (Wildman–Crippen MR) is 53.7 cm³/mol. The number of nitrogens with zero attached hydrogens (tertiary/aromatic N) is 2. The molecule has 0 saturated carbocycles. The van der Waals surface area contributed by atoms with E-state index in [1.165, 1.54) is 5.56 Å². The van der Waals surface area contributed by atoms with E-state index in [9.17, 15) is 4.79 Å². The fraction of sp³-hybridized carbons (Fsp3) is 0.455. The van der Waals surface area contributed by atoms with Crippen molar-refractivity contribution >= 4 is 6.29 Å². The van der Waals surface area contributed by atoms with Gasteiger partial charge in [-0.15, -0.1) is 0 Å². The van der Waals surface area contributed by atoms with Crippen LogP contribution in [-0.4, -0.2) is 28.8 Å². The topological polar surface area (TPSA) is 33.2 Å². The quantitative estimate of drug-likeness (QED) is 0.672. The first kappa shape index (κ1) is 9.34. The highest BCUT2D eigenvalue weighted by Gasteiger charge is 2.23. The minimum absolute atomic E-state index is 0.121. The van der Waals surface area contributed by atoms with E-state index in [1.54, 1.807) is 6.20 Å². The minimum Gasteiger partial charge on any atom is -0.302 e. The van der Waals surface area contributed by atoms with Crippen LogP contribution in [0.15, 0.2) is 24.5 Å². The lowest BCUT2D eigenvalue weighted by Crippen LogP contribution is -2.29. The maximum Gasteiger partial charge on any atom is 0.137 e. The number of carbonyl (C=O) groups is 1. The zero-order chi connectivity index (χ0) is 9.80. The van der Waals surface area contributed by atoms with E-state index in [4.69, 9.17) is 0 Å². The molecule has 0 aliphatic carbocycles. The standard InChI is InChI=1S/C11H14N2O/c14-9-11-4-2-6-13(11)8-10-3-1-5-12-7-10/h1,3,5,7,9,11H,2,4,6,8H2. The van der Waals surface area contributed by atoms with Gasteiger partial charge in [0.25, 0.3) is 0 Å². The zero-order valence-corrected chi connectivity index (χ0v) is 8.10. The molecular weight excluding hydrogens is 176 g/mol. The summed E-state index contributed by atoms with van der Waals surface area (Å²) < 4.78 is 0. The van der Waals surface area contributed by atoms with Crippen LogP contribution in [0.3, 0.4) is 0 Å². The van der Waals surface area contributed by atoms with Gasteiger partial charge in [-0.05, 0) is 31.0 Å². The molecule has 1 fully saturated rings. The molecule has 0 N–H and O–H groups in total. The summed E-state index contributed by atoms with van der Waals surface area (Å²) in [5, 5.41) is 0. The first-order chi connectivity index (χ1) is 6.90. The van der Waals surface area contributed by atoms with Gasteiger partial charge in [-0.25, -0.2) is 0 Å². The molecule has 1 aliphatic heterocycles. The van der Waals surface area contributed by atoms with Crippen LogP contribution in [0, 0.1) is 0 Å². The molecule has 0 bridgehead atoms. The summed E-state index contributed by atoms with van der Waals surface area (Å²) in [7, 11) is 0.